The average Bonchev–Trinajstić information content (AvgIpc) is 3.33. The molecular weight excluding hydrogens is 446 g/mol. The number of amides is 1. The number of carbonyl (C=O) groups is 1. The van der Waals surface area contributed by atoms with Crippen LogP contribution >= 0.6 is 0 Å². The molecule has 0 aromatic carbocycles. The lowest BCUT2D eigenvalue weighted by Crippen LogP contribution is -2.53. The highest BCUT2D eigenvalue weighted by molar-refractivity contribution is 5.80. The third kappa shape index (κ3) is 5.00. The Labute approximate surface area is 204 Å². The van der Waals surface area contributed by atoms with Gasteiger partial charge in [-0.15, -0.1) is 0 Å². The van der Waals surface area contributed by atoms with E-state index in [9.17, 15) is 9.59 Å². The molecule has 10 nitrogen and oxygen atoms in total. The fourth-order valence-corrected chi connectivity index (χ4v) is 5.18. The van der Waals surface area contributed by atoms with Crippen molar-refractivity contribution in [3.8, 4) is 6.07 Å². The number of carbonyl (C=O) groups excluding carboxylic acids is 1. The Kier molecular flexibility index (Phi) is 6.68. The maximum atomic E-state index is 12.9. The van der Waals surface area contributed by atoms with Crippen LogP contribution in [0.5, 0.6) is 0 Å². The van der Waals surface area contributed by atoms with Crippen molar-refractivity contribution in [3.63, 3.8) is 0 Å². The first-order valence-electron chi connectivity index (χ1n) is 12.3. The van der Waals surface area contributed by atoms with Crippen molar-refractivity contribution in [2.75, 3.05) is 55.7 Å². The Balaban J connectivity index is 1.02. The molecule has 184 valence electrons. The smallest absolute Gasteiger partial charge is 0.269 e. The van der Waals surface area contributed by atoms with E-state index in [0.29, 0.717) is 36.7 Å². The van der Waals surface area contributed by atoms with Crippen molar-refractivity contribution in [1.29, 1.82) is 5.26 Å². The summed E-state index contributed by atoms with van der Waals surface area (Å²) in [6.07, 6.45) is 6.09. The largest absolute Gasteiger partial charge is 0.378 e. The minimum Gasteiger partial charge on any atom is -0.378 e. The van der Waals surface area contributed by atoms with Crippen LogP contribution in [0.15, 0.2) is 29.3 Å². The zero-order chi connectivity index (χ0) is 24.4. The highest BCUT2D eigenvalue weighted by Gasteiger charge is 2.39. The molecule has 3 fully saturated rings. The summed E-state index contributed by atoms with van der Waals surface area (Å²) in [6, 6.07) is 5.73. The molecule has 2 aliphatic heterocycles. The van der Waals surface area contributed by atoms with Crippen LogP contribution in [0, 0.1) is 30.1 Å². The first-order chi connectivity index (χ1) is 17.0. The van der Waals surface area contributed by atoms with Crippen molar-refractivity contribution in [2.24, 2.45) is 11.8 Å². The van der Waals surface area contributed by atoms with E-state index in [0.717, 1.165) is 56.9 Å². The maximum absolute atomic E-state index is 12.9. The molecule has 35 heavy (non-hydrogen) atoms. The number of nitrogens with zero attached hydrogens (tertiary/aromatic N) is 6. The molecule has 1 saturated carbocycles. The number of pyridine rings is 1. The summed E-state index contributed by atoms with van der Waals surface area (Å²) >= 11 is 0. The number of nitriles is 1. The SMILES string of the molecule is Cc1c(N2CCC(CO[C@H]3C[C@@H](C(=O)N4CCN(c5ccc(C#N)cn5)CC4)C3)C2)cn[nH]c1=O. The summed E-state index contributed by atoms with van der Waals surface area (Å²) < 4.78 is 6.14. The minimum atomic E-state index is -0.139. The summed E-state index contributed by atoms with van der Waals surface area (Å²) in [5.41, 5.74) is 2.02. The predicted octanol–water partition coefficient (Wildman–Crippen LogP) is 1.32. The van der Waals surface area contributed by atoms with Gasteiger partial charge in [0.25, 0.3) is 5.56 Å². The number of hydrogen-bond acceptors (Lipinski definition) is 8. The number of anilines is 2. The van der Waals surface area contributed by atoms with Crippen molar-refractivity contribution < 1.29 is 9.53 Å². The van der Waals surface area contributed by atoms with Gasteiger partial charge in [-0.2, -0.15) is 10.4 Å². The highest BCUT2D eigenvalue weighted by atomic mass is 16.5. The Morgan fingerprint density at radius 2 is 1.97 bits per heavy atom. The molecule has 0 bridgehead atoms. The van der Waals surface area contributed by atoms with Gasteiger partial charge in [0.15, 0.2) is 0 Å². The molecule has 3 aliphatic rings. The third-order valence-electron chi connectivity index (χ3n) is 7.51. The van der Waals surface area contributed by atoms with E-state index in [2.05, 4.69) is 31.1 Å². The molecule has 1 N–H and O–H groups in total. The lowest BCUT2D eigenvalue weighted by atomic mass is 9.81. The van der Waals surface area contributed by atoms with Crippen LogP contribution in [0.4, 0.5) is 11.5 Å². The summed E-state index contributed by atoms with van der Waals surface area (Å²) in [5, 5.41) is 15.3. The quantitative estimate of drug-likeness (QED) is 0.662. The Morgan fingerprint density at radius 1 is 1.17 bits per heavy atom. The standard InChI is InChI=1S/C25H31N7O3/c1-17-22(14-28-29-24(17)33)32-5-4-19(15-32)16-35-21-10-20(11-21)25(34)31-8-6-30(7-9-31)23-3-2-18(12-26)13-27-23/h2-3,13-14,19-21H,4-11,15-16H2,1H3,(H,29,33)/t19?,20-,21+. The Morgan fingerprint density at radius 3 is 2.69 bits per heavy atom. The van der Waals surface area contributed by atoms with Crippen molar-refractivity contribution in [3.05, 3.63) is 46.0 Å². The first-order valence-corrected chi connectivity index (χ1v) is 12.3. The van der Waals surface area contributed by atoms with Crippen LogP contribution in [-0.2, 0) is 9.53 Å². The van der Waals surface area contributed by atoms with Crippen LogP contribution in [-0.4, -0.2) is 78.0 Å². The van der Waals surface area contributed by atoms with Gasteiger partial charge >= 0.3 is 0 Å². The fraction of sp³-hybridized carbons (Fsp3) is 0.560. The molecule has 4 heterocycles. The van der Waals surface area contributed by atoms with E-state index in [4.69, 9.17) is 10.00 Å². The van der Waals surface area contributed by atoms with Crippen molar-refractivity contribution in [1.82, 2.24) is 20.1 Å². The van der Waals surface area contributed by atoms with Crippen molar-refractivity contribution >= 4 is 17.4 Å². The number of aromatic amines is 1. The predicted molar refractivity (Wildman–Crippen MR) is 130 cm³/mol. The number of ether oxygens (including phenoxy) is 1. The Hall–Kier alpha value is -3.45. The second-order valence-corrected chi connectivity index (χ2v) is 9.76. The number of rotatable bonds is 6. The molecular formula is C25H31N7O3. The van der Waals surface area contributed by atoms with Gasteiger partial charge in [0.1, 0.15) is 11.9 Å². The molecule has 1 unspecified atom stereocenters. The van der Waals surface area contributed by atoms with Crippen LogP contribution in [0.2, 0.25) is 0 Å². The molecule has 5 rings (SSSR count). The van der Waals surface area contributed by atoms with Gasteiger partial charge in [-0.05, 0) is 38.3 Å². The summed E-state index contributed by atoms with van der Waals surface area (Å²) in [7, 11) is 0. The zero-order valence-corrected chi connectivity index (χ0v) is 20.0. The third-order valence-corrected chi connectivity index (χ3v) is 7.51. The second kappa shape index (κ2) is 10.0. The fourth-order valence-electron chi connectivity index (χ4n) is 5.18. The number of aromatic nitrogens is 3. The monoisotopic (exact) mass is 477 g/mol. The molecule has 0 radical (unpaired) electrons. The molecule has 2 saturated heterocycles. The van der Waals surface area contributed by atoms with Crippen LogP contribution in [0.3, 0.4) is 0 Å². The topological polar surface area (TPSA) is 118 Å². The van der Waals surface area contributed by atoms with E-state index in [-0.39, 0.29) is 23.5 Å². The van der Waals surface area contributed by atoms with Gasteiger partial charge in [0.05, 0.1) is 30.2 Å². The molecule has 0 spiro atoms. The normalized spacial score (nSPS) is 24.2. The number of hydrogen-bond donors (Lipinski definition) is 1. The number of nitrogens with one attached hydrogen (secondary N) is 1. The summed E-state index contributed by atoms with van der Waals surface area (Å²) in [4.78, 5) is 35.5. The lowest BCUT2D eigenvalue weighted by molar-refractivity contribution is -0.145. The van der Waals surface area contributed by atoms with E-state index in [1.165, 1.54) is 0 Å². The van der Waals surface area contributed by atoms with Gasteiger partial charge in [-0.1, -0.05) is 0 Å². The second-order valence-electron chi connectivity index (χ2n) is 9.76. The molecule has 10 heteroatoms. The van der Waals surface area contributed by atoms with Crippen LogP contribution < -0.4 is 15.4 Å². The lowest BCUT2D eigenvalue weighted by Gasteiger charge is -2.41. The van der Waals surface area contributed by atoms with Crippen molar-refractivity contribution in [2.45, 2.75) is 32.3 Å². The van der Waals surface area contributed by atoms with E-state index < -0.39 is 0 Å². The summed E-state index contributed by atoms with van der Waals surface area (Å²) in [6.45, 7) is 7.15. The Bertz CT molecular complexity index is 1140. The van der Waals surface area contributed by atoms with Gasteiger partial charge in [0.2, 0.25) is 5.91 Å². The van der Waals surface area contributed by atoms with Gasteiger partial charge < -0.3 is 19.4 Å². The van der Waals surface area contributed by atoms with Gasteiger partial charge in [0, 0.05) is 62.9 Å². The van der Waals surface area contributed by atoms with E-state index >= 15 is 0 Å². The van der Waals surface area contributed by atoms with Crippen LogP contribution in [0.25, 0.3) is 0 Å². The minimum absolute atomic E-state index is 0.0597. The van der Waals surface area contributed by atoms with E-state index in [1.54, 1.807) is 18.5 Å². The summed E-state index contributed by atoms with van der Waals surface area (Å²) in [5.74, 6) is 1.57. The molecule has 1 amide bonds. The molecule has 1 atom stereocenters. The highest BCUT2D eigenvalue weighted by Crippen LogP contribution is 2.33. The van der Waals surface area contributed by atoms with Gasteiger partial charge in [-0.3, -0.25) is 9.59 Å². The molecule has 2 aromatic heterocycles. The first kappa shape index (κ1) is 23.3. The molecule has 1 aliphatic carbocycles. The van der Waals surface area contributed by atoms with Crippen LogP contribution in [0.1, 0.15) is 30.4 Å². The average molecular weight is 478 g/mol. The molecule has 2 aromatic rings. The van der Waals surface area contributed by atoms with E-state index in [1.807, 2.05) is 17.9 Å². The van der Waals surface area contributed by atoms with Gasteiger partial charge in [-0.25, -0.2) is 10.1 Å². The number of piperazine rings is 1. The number of H-pyrrole nitrogens is 1. The zero-order valence-electron chi connectivity index (χ0n) is 20.0. The maximum Gasteiger partial charge on any atom is 0.269 e.